The van der Waals surface area contributed by atoms with Crippen LogP contribution in [0.1, 0.15) is 12.7 Å². The molecule has 0 fully saturated rings. The molecule has 2 aromatic rings. The molecular formula is C10H13BrN4. The number of nitrogens with one attached hydrogen (secondary N) is 1. The van der Waals surface area contributed by atoms with Crippen molar-refractivity contribution in [3.8, 4) is 0 Å². The highest BCUT2D eigenvalue weighted by molar-refractivity contribution is 9.10. The van der Waals surface area contributed by atoms with E-state index in [2.05, 4.69) is 38.4 Å². The molecule has 15 heavy (non-hydrogen) atoms. The summed E-state index contributed by atoms with van der Waals surface area (Å²) in [6.07, 6.45) is 2.89. The van der Waals surface area contributed by atoms with Crippen LogP contribution >= 0.6 is 15.9 Å². The third-order valence-corrected chi connectivity index (χ3v) is 2.68. The van der Waals surface area contributed by atoms with Crippen molar-refractivity contribution in [2.45, 2.75) is 13.3 Å². The molecule has 0 radical (unpaired) electrons. The van der Waals surface area contributed by atoms with Gasteiger partial charge in [0.1, 0.15) is 5.82 Å². The molecule has 0 unspecified atom stereocenters. The second-order valence-electron chi connectivity index (χ2n) is 3.30. The van der Waals surface area contributed by atoms with Gasteiger partial charge in [0.25, 0.3) is 0 Å². The number of rotatable bonds is 4. The Hall–Kier alpha value is -0.940. The van der Waals surface area contributed by atoms with Crippen LogP contribution in [0, 0.1) is 0 Å². The minimum atomic E-state index is 0.893. The first-order valence-electron chi connectivity index (χ1n) is 5.01. The van der Waals surface area contributed by atoms with Gasteiger partial charge in [-0.05, 0) is 34.6 Å². The lowest BCUT2D eigenvalue weighted by Crippen LogP contribution is -2.17. The molecule has 0 aliphatic rings. The fraction of sp³-hybridized carbons (Fsp3) is 0.400. The molecule has 0 atom stereocenters. The number of fused-ring (bicyclic) bond motifs is 1. The van der Waals surface area contributed by atoms with Gasteiger partial charge in [0.05, 0.1) is 0 Å². The lowest BCUT2D eigenvalue weighted by molar-refractivity contribution is 0.691. The number of hydrogen-bond donors (Lipinski definition) is 1. The summed E-state index contributed by atoms with van der Waals surface area (Å²) in [7, 11) is 0. The van der Waals surface area contributed by atoms with Crippen molar-refractivity contribution < 1.29 is 0 Å². The fourth-order valence-corrected chi connectivity index (χ4v) is 1.80. The zero-order valence-corrected chi connectivity index (χ0v) is 10.2. The Balaban J connectivity index is 2.23. The zero-order valence-electron chi connectivity index (χ0n) is 8.57. The van der Waals surface area contributed by atoms with E-state index in [1.165, 1.54) is 0 Å². The van der Waals surface area contributed by atoms with Crippen LogP contribution in [0.2, 0.25) is 0 Å². The predicted octanol–water partition coefficient (Wildman–Crippen LogP) is 1.64. The van der Waals surface area contributed by atoms with Gasteiger partial charge in [-0.1, -0.05) is 6.92 Å². The molecule has 0 spiro atoms. The van der Waals surface area contributed by atoms with Gasteiger partial charge < -0.3 is 5.32 Å². The molecular weight excluding hydrogens is 256 g/mol. The van der Waals surface area contributed by atoms with Crippen LogP contribution in [0.25, 0.3) is 5.65 Å². The molecule has 0 saturated carbocycles. The van der Waals surface area contributed by atoms with Crippen LogP contribution in [0.5, 0.6) is 0 Å². The molecule has 0 aromatic carbocycles. The van der Waals surface area contributed by atoms with Gasteiger partial charge in [-0.25, -0.2) is 0 Å². The Morgan fingerprint density at radius 2 is 2.27 bits per heavy atom. The van der Waals surface area contributed by atoms with E-state index >= 15 is 0 Å². The number of likely N-dealkylation sites (N-methyl/N-ethyl adjacent to an activating group) is 1. The number of pyridine rings is 1. The zero-order chi connectivity index (χ0) is 10.7. The molecule has 5 heteroatoms. The molecule has 4 nitrogen and oxygen atoms in total. The maximum atomic E-state index is 4.16. The SMILES string of the molecule is CCNCCc1nnc2ccc(Br)cn12. The topological polar surface area (TPSA) is 42.2 Å². The van der Waals surface area contributed by atoms with Gasteiger partial charge in [0.15, 0.2) is 5.65 Å². The summed E-state index contributed by atoms with van der Waals surface area (Å²) < 4.78 is 3.06. The molecule has 0 aliphatic carbocycles. The van der Waals surface area contributed by atoms with Crippen molar-refractivity contribution in [3.63, 3.8) is 0 Å². The van der Waals surface area contributed by atoms with Crippen molar-refractivity contribution in [1.82, 2.24) is 19.9 Å². The first-order valence-corrected chi connectivity index (χ1v) is 5.80. The van der Waals surface area contributed by atoms with Crippen LogP contribution in [0.3, 0.4) is 0 Å². The highest BCUT2D eigenvalue weighted by Gasteiger charge is 2.04. The van der Waals surface area contributed by atoms with Gasteiger partial charge in [-0.15, -0.1) is 10.2 Å². The Kier molecular flexibility index (Phi) is 3.33. The molecule has 1 N–H and O–H groups in total. The van der Waals surface area contributed by atoms with Gasteiger partial charge in [-0.2, -0.15) is 0 Å². The quantitative estimate of drug-likeness (QED) is 0.858. The normalized spacial score (nSPS) is 11.1. The maximum absolute atomic E-state index is 4.16. The largest absolute Gasteiger partial charge is 0.317 e. The highest BCUT2D eigenvalue weighted by Crippen LogP contribution is 2.12. The lowest BCUT2D eigenvalue weighted by Gasteiger charge is -2.00. The van der Waals surface area contributed by atoms with E-state index in [0.717, 1.165) is 35.5 Å². The van der Waals surface area contributed by atoms with E-state index in [0.29, 0.717) is 0 Å². The van der Waals surface area contributed by atoms with E-state index in [1.807, 2.05) is 22.7 Å². The summed E-state index contributed by atoms with van der Waals surface area (Å²) in [6.45, 7) is 4.02. The van der Waals surface area contributed by atoms with Gasteiger partial charge >= 0.3 is 0 Å². The fourth-order valence-electron chi connectivity index (χ4n) is 1.46. The standard InChI is InChI=1S/C10H13BrN4/c1-2-12-6-5-10-14-13-9-4-3-8(11)7-15(9)10/h3-4,7,12H,2,5-6H2,1H3. The molecule has 0 bridgehead atoms. The van der Waals surface area contributed by atoms with Crippen molar-refractivity contribution in [2.75, 3.05) is 13.1 Å². The van der Waals surface area contributed by atoms with Crippen molar-refractivity contribution in [1.29, 1.82) is 0 Å². The number of aromatic nitrogens is 3. The van der Waals surface area contributed by atoms with Gasteiger partial charge in [0.2, 0.25) is 0 Å². The smallest absolute Gasteiger partial charge is 0.160 e. The van der Waals surface area contributed by atoms with E-state index in [9.17, 15) is 0 Å². The number of hydrogen-bond acceptors (Lipinski definition) is 3. The summed E-state index contributed by atoms with van der Waals surface area (Å²) in [5.41, 5.74) is 0.893. The second-order valence-corrected chi connectivity index (χ2v) is 4.21. The number of nitrogens with zero attached hydrogens (tertiary/aromatic N) is 3. The van der Waals surface area contributed by atoms with Gasteiger partial charge in [-0.3, -0.25) is 4.40 Å². The molecule has 2 rings (SSSR count). The minimum Gasteiger partial charge on any atom is -0.317 e. The van der Waals surface area contributed by atoms with Crippen LogP contribution in [-0.2, 0) is 6.42 Å². The monoisotopic (exact) mass is 268 g/mol. The predicted molar refractivity (Wildman–Crippen MR) is 62.9 cm³/mol. The third kappa shape index (κ3) is 2.35. The summed E-state index contributed by atoms with van der Waals surface area (Å²) in [5, 5.41) is 11.5. The van der Waals surface area contributed by atoms with Crippen LogP contribution in [-0.4, -0.2) is 27.7 Å². The molecule has 0 aliphatic heterocycles. The van der Waals surface area contributed by atoms with Gasteiger partial charge in [0, 0.05) is 23.6 Å². The Morgan fingerprint density at radius 3 is 3.07 bits per heavy atom. The van der Waals surface area contributed by atoms with E-state index in [1.54, 1.807) is 0 Å². The first-order chi connectivity index (χ1) is 7.31. The second kappa shape index (κ2) is 4.72. The van der Waals surface area contributed by atoms with Crippen molar-refractivity contribution in [2.24, 2.45) is 0 Å². The highest BCUT2D eigenvalue weighted by atomic mass is 79.9. The summed E-state index contributed by atoms with van der Waals surface area (Å²) in [6, 6.07) is 3.92. The van der Waals surface area contributed by atoms with E-state index in [4.69, 9.17) is 0 Å². The molecule has 80 valence electrons. The molecule has 0 amide bonds. The summed E-state index contributed by atoms with van der Waals surface area (Å²) >= 11 is 3.44. The van der Waals surface area contributed by atoms with Crippen molar-refractivity contribution >= 4 is 21.6 Å². The Morgan fingerprint density at radius 1 is 1.40 bits per heavy atom. The average Bonchev–Trinajstić information content (AvgIpc) is 2.62. The lowest BCUT2D eigenvalue weighted by atomic mass is 10.4. The van der Waals surface area contributed by atoms with E-state index < -0.39 is 0 Å². The number of halogens is 1. The van der Waals surface area contributed by atoms with Crippen molar-refractivity contribution in [3.05, 3.63) is 28.6 Å². The average molecular weight is 269 g/mol. The molecule has 2 aromatic heterocycles. The summed E-state index contributed by atoms with van der Waals surface area (Å²) in [4.78, 5) is 0. The summed E-state index contributed by atoms with van der Waals surface area (Å²) in [5.74, 6) is 0.993. The molecule has 2 heterocycles. The molecule has 0 saturated heterocycles. The minimum absolute atomic E-state index is 0.893. The van der Waals surface area contributed by atoms with Crippen LogP contribution in [0.4, 0.5) is 0 Å². The maximum Gasteiger partial charge on any atom is 0.160 e. The van der Waals surface area contributed by atoms with Crippen LogP contribution < -0.4 is 5.32 Å². The first kappa shape index (κ1) is 10.6. The van der Waals surface area contributed by atoms with Crippen LogP contribution in [0.15, 0.2) is 22.8 Å². The third-order valence-electron chi connectivity index (χ3n) is 2.21. The Labute approximate surface area is 96.8 Å². The van der Waals surface area contributed by atoms with E-state index in [-0.39, 0.29) is 0 Å². The Bertz CT molecular complexity index is 452.